The van der Waals surface area contributed by atoms with Crippen LogP contribution in [0.2, 0.25) is 0 Å². The molecule has 0 spiro atoms. The molecule has 1 aliphatic heterocycles. The highest BCUT2D eigenvalue weighted by atomic mass is 79.9. The second-order valence-corrected chi connectivity index (χ2v) is 5.12. The number of alkyl halides is 1. The van der Waals surface area contributed by atoms with Crippen molar-refractivity contribution >= 4 is 21.8 Å². The van der Waals surface area contributed by atoms with Gasteiger partial charge in [0.15, 0.2) is 0 Å². The minimum atomic E-state index is 0.113. The van der Waals surface area contributed by atoms with Crippen molar-refractivity contribution in [2.75, 3.05) is 13.1 Å². The topological polar surface area (TPSA) is 33.2 Å². The number of likely N-dealkylation sites (tertiary alicyclic amines) is 1. The third-order valence-corrected chi connectivity index (χ3v) is 3.31. The monoisotopic (exact) mass is 268 g/mol. The van der Waals surface area contributed by atoms with Crippen LogP contribution in [0.4, 0.5) is 0 Å². The Morgan fingerprint density at radius 3 is 3.07 bits per heavy atom. The standard InChI is InChI=1S/C11H13BrN2O/c1-8-6-9(2-4-13-8)11(15)14-5-3-10(12)7-14/h2,4,6,10H,3,5,7H2,1H3. The van der Waals surface area contributed by atoms with Crippen molar-refractivity contribution in [2.24, 2.45) is 0 Å². The molecule has 1 atom stereocenters. The Kier molecular flexibility index (Phi) is 3.05. The predicted molar refractivity (Wildman–Crippen MR) is 62.2 cm³/mol. The molecule has 4 heteroatoms. The molecule has 0 saturated carbocycles. The quantitative estimate of drug-likeness (QED) is 0.730. The van der Waals surface area contributed by atoms with Gasteiger partial charge in [0.05, 0.1) is 0 Å². The molecule has 0 N–H and O–H groups in total. The van der Waals surface area contributed by atoms with E-state index in [1.165, 1.54) is 0 Å². The van der Waals surface area contributed by atoms with Crippen LogP contribution in [-0.4, -0.2) is 33.7 Å². The van der Waals surface area contributed by atoms with Crippen molar-refractivity contribution in [1.82, 2.24) is 9.88 Å². The van der Waals surface area contributed by atoms with Crippen molar-refractivity contribution in [3.63, 3.8) is 0 Å². The lowest BCUT2D eigenvalue weighted by Crippen LogP contribution is -2.28. The summed E-state index contributed by atoms with van der Waals surface area (Å²) < 4.78 is 0. The number of nitrogens with zero attached hydrogens (tertiary/aromatic N) is 2. The van der Waals surface area contributed by atoms with Crippen LogP contribution in [0, 0.1) is 6.92 Å². The van der Waals surface area contributed by atoms with E-state index in [9.17, 15) is 4.79 Å². The maximum Gasteiger partial charge on any atom is 0.254 e. The molecule has 0 radical (unpaired) electrons. The fourth-order valence-corrected chi connectivity index (χ4v) is 2.32. The maximum absolute atomic E-state index is 12.0. The van der Waals surface area contributed by atoms with Crippen LogP contribution < -0.4 is 0 Å². The Morgan fingerprint density at radius 2 is 2.47 bits per heavy atom. The molecule has 1 saturated heterocycles. The molecule has 80 valence electrons. The zero-order valence-corrected chi connectivity index (χ0v) is 10.2. The molecule has 1 aliphatic rings. The van der Waals surface area contributed by atoms with E-state index in [0.717, 1.165) is 30.8 Å². The van der Waals surface area contributed by atoms with Gasteiger partial charge in [0.25, 0.3) is 5.91 Å². The predicted octanol–water partition coefficient (Wildman–Crippen LogP) is 2.00. The van der Waals surface area contributed by atoms with E-state index in [2.05, 4.69) is 20.9 Å². The summed E-state index contributed by atoms with van der Waals surface area (Å²) in [6.07, 6.45) is 2.72. The number of carbonyl (C=O) groups is 1. The maximum atomic E-state index is 12.0. The second kappa shape index (κ2) is 4.31. The first-order valence-electron chi connectivity index (χ1n) is 5.03. The highest BCUT2D eigenvalue weighted by Gasteiger charge is 2.24. The zero-order valence-electron chi connectivity index (χ0n) is 8.61. The number of pyridine rings is 1. The number of carbonyl (C=O) groups excluding carboxylic acids is 1. The molecule has 1 unspecified atom stereocenters. The highest BCUT2D eigenvalue weighted by molar-refractivity contribution is 9.09. The number of aryl methyl sites for hydroxylation is 1. The van der Waals surface area contributed by atoms with Gasteiger partial charge in [0.1, 0.15) is 0 Å². The van der Waals surface area contributed by atoms with E-state index in [1.54, 1.807) is 12.3 Å². The number of rotatable bonds is 1. The van der Waals surface area contributed by atoms with E-state index in [4.69, 9.17) is 0 Å². The first-order valence-corrected chi connectivity index (χ1v) is 5.94. The van der Waals surface area contributed by atoms with Gasteiger partial charge >= 0.3 is 0 Å². The summed E-state index contributed by atoms with van der Waals surface area (Å²) in [6.45, 7) is 3.55. The Hall–Kier alpha value is -0.900. The molecule has 2 heterocycles. The minimum absolute atomic E-state index is 0.113. The lowest BCUT2D eigenvalue weighted by molar-refractivity contribution is 0.0793. The van der Waals surface area contributed by atoms with Crippen LogP contribution >= 0.6 is 15.9 Å². The second-order valence-electron chi connectivity index (χ2n) is 3.82. The normalized spacial score (nSPS) is 20.7. The molecule has 1 amide bonds. The number of amides is 1. The van der Waals surface area contributed by atoms with E-state index in [-0.39, 0.29) is 5.91 Å². The van der Waals surface area contributed by atoms with E-state index in [1.807, 2.05) is 17.9 Å². The van der Waals surface area contributed by atoms with Gasteiger partial charge in [-0.3, -0.25) is 9.78 Å². The van der Waals surface area contributed by atoms with Crippen molar-refractivity contribution < 1.29 is 4.79 Å². The van der Waals surface area contributed by atoms with Gasteiger partial charge in [-0.25, -0.2) is 0 Å². The summed E-state index contributed by atoms with van der Waals surface area (Å²) in [4.78, 5) is 18.4. The molecule has 3 nitrogen and oxygen atoms in total. The number of hydrogen-bond acceptors (Lipinski definition) is 2. The molecular formula is C11H13BrN2O. The smallest absolute Gasteiger partial charge is 0.254 e. The van der Waals surface area contributed by atoms with Gasteiger partial charge in [-0.15, -0.1) is 0 Å². The fraction of sp³-hybridized carbons (Fsp3) is 0.455. The molecule has 0 bridgehead atoms. The van der Waals surface area contributed by atoms with Gasteiger partial charge in [-0.2, -0.15) is 0 Å². The average molecular weight is 269 g/mol. The molecule has 1 fully saturated rings. The highest BCUT2D eigenvalue weighted by Crippen LogP contribution is 2.18. The minimum Gasteiger partial charge on any atom is -0.337 e. The Bertz CT molecular complexity index is 381. The summed E-state index contributed by atoms with van der Waals surface area (Å²) in [6, 6.07) is 3.61. The molecule has 1 aromatic rings. The Morgan fingerprint density at radius 1 is 1.67 bits per heavy atom. The number of hydrogen-bond donors (Lipinski definition) is 0. The van der Waals surface area contributed by atoms with Gasteiger partial charge in [0.2, 0.25) is 0 Å². The van der Waals surface area contributed by atoms with E-state index >= 15 is 0 Å². The first kappa shape index (κ1) is 10.6. The molecule has 2 rings (SSSR count). The SMILES string of the molecule is Cc1cc(C(=O)N2CCC(Br)C2)ccn1. The van der Waals surface area contributed by atoms with E-state index < -0.39 is 0 Å². The van der Waals surface area contributed by atoms with Crippen LogP contribution in [-0.2, 0) is 0 Å². The third-order valence-electron chi connectivity index (χ3n) is 2.56. The molecule has 0 aliphatic carbocycles. The van der Waals surface area contributed by atoms with Gasteiger partial charge in [0, 0.05) is 35.4 Å². The van der Waals surface area contributed by atoms with Crippen LogP contribution in [0.1, 0.15) is 22.5 Å². The summed E-state index contributed by atoms with van der Waals surface area (Å²) >= 11 is 3.53. The Labute approximate surface area is 97.6 Å². The van der Waals surface area contributed by atoms with E-state index in [0.29, 0.717) is 4.83 Å². The number of aromatic nitrogens is 1. The molecule has 15 heavy (non-hydrogen) atoms. The van der Waals surface area contributed by atoms with Crippen LogP contribution in [0.25, 0.3) is 0 Å². The van der Waals surface area contributed by atoms with Crippen molar-refractivity contribution in [3.8, 4) is 0 Å². The van der Waals surface area contributed by atoms with Crippen LogP contribution in [0.15, 0.2) is 18.3 Å². The van der Waals surface area contributed by atoms with Crippen LogP contribution in [0.3, 0.4) is 0 Å². The van der Waals surface area contributed by atoms with Crippen LogP contribution in [0.5, 0.6) is 0 Å². The lowest BCUT2D eigenvalue weighted by Gasteiger charge is -2.15. The van der Waals surface area contributed by atoms with Crippen molar-refractivity contribution in [3.05, 3.63) is 29.6 Å². The van der Waals surface area contributed by atoms with Crippen molar-refractivity contribution in [2.45, 2.75) is 18.2 Å². The Balaban J connectivity index is 2.14. The fourth-order valence-electron chi connectivity index (χ4n) is 1.76. The zero-order chi connectivity index (χ0) is 10.8. The lowest BCUT2D eigenvalue weighted by atomic mass is 10.2. The summed E-state index contributed by atoms with van der Waals surface area (Å²) in [5, 5.41) is 0. The molecular weight excluding hydrogens is 256 g/mol. The third kappa shape index (κ3) is 2.37. The number of halogens is 1. The average Bonchev–Trinajstić information content (AvgIpc) is 2.64. The van der Waals surface area contributed by atoms with Gasteiger partial charge < -0.3 is 4.90 Å². The van der Waals surface area contributed by atoms with Crippen molar-refractivity contribution in [1.29, 1.82) is 0 Å². The molecule has 0 aromatic carbocycles. The first-order chi connectivity index (χ1) is 7.16. The summed E-state index contributed by atoms with van der Waals surface area (Å²) in [5.74, 6) is 0.113. The van der Waals surface area contributed by atoms with Gasteiger partial charge in [-0.1, -0.05) is 15.9 Å². The largest absolute Gasteiger partial charge is 0.337 e. The molecule has 1 aromatic heterocycles. The van der Waals surface area contributed by atoms with Gasteiger partial charge in [-0.05, 0) is 25.5 Å². The summed E-state index contributed by atoms with van der Waals surface area (Å²) in [5.41, 5.74) is 1.62. The summed E-state index contributed by atoms with van der Waals surface area (Å²) in [7, 11) is 0.